The van der Waals surface area contributed by atoms with Gasteiger partial charge in [0.25, 0.3) is 0 Å². The van der Waals surface area contributed by atoms with E-state index < -0.39 is 11.6 Å². The highest BCUT2D eigenvalue weighted by atomic mass is 19.1. The normalized spacial score (nSPS) is 18.0. The van der Waals surface area contributed by atoms with Crippen molar-refractivity contribution in [3.8, 4) is 11.8 Å². The Labute approximate surface area is 103 Å². The van der Waals surface area contributed by atoms with E-state index in [2.05, 4.69) is 17.2 Å². The molecule has 0 aromatic rings. The third-order valence-corrected chi connectivity index (χ3v) is 3.02. The van der Waals surface area contributed by atoms with Gasteiger partial charge in [0.15, 0.2) is 0 Å². The molecule has 3 heteroatoms. The molecule has 0 saturated heterocycles. The molecule has 1 aliphatic carbocycles. The second kappa shape index (κ2) is 4.68. The highest BCUT2D eigenvalue weighted by molar-refractivity contribution is 5.66. The van der Waals surface area contributed by atoms with Gasteiger partial charge in [0.05, 0.1) is 6.04 Å². The van der Waals surface area contributed by atoms with Gasteiger partial charge in [0, 0.05) is 11.3 Å². The summed E-state index contributed by atoms with van der Waals surface area (Å²) in [6, 6.07) is -0.307. The molecule has 0 heterocycles. The smallest absolute Gasteiger partial charge is 0.323 e. The lowest BCUT2D eigenvalue weighted by molar-refractivity contribution is 0.156. The Kier molecular flexibility index (Phi) is 3.86. The number of halogens is 1. The molecule has 0 aliphatic heterocycles. The van der Waals surface area contributed by atoms with Crippen molar-refractivity contribution in [2.45, 2.75) is 53.5 Å². The summed E-state index contributed by atoms with van der Waals surface area (Å²) in [5.74, 6) is 6.91. The Balaban J connectivity index is 2.87. The zero-order chi connectivity index (χ0) is 13.3. The number of nitrogens with one attached hydrogen (secondary N) is 1. The minimum Gasteiger partial charge on any atom is -0.323 e. The first-order chi connectivity index (χ1) is 7.63. The molecule has 0 radical (unpaired) electrons. The van der Waals surface area contributed by atoms with Gasteiger partial charge in [-0.15, -0.1) is 4.39 Å². The van der Waals surface area contributed by atoms with Crippen molar-refractivity contribution in [1.29, 1.82) is 0 Å². The Hall–Kier alpha value is -1.04. The first-order valence-electron chi connectivity index (χ1n) is 6.11. The molecule has 1 atom stereocenters. The van der Waals surface area contributed by atoms with Crippen LogP contribution in [0.25, 0.3) is 0 Å². The third-order valence-electron chi connectivity index (χ3n) is 3.02. The van der Waals surface area contributed by atoms with Gasteiger partial charge >= 0.3 is 6.16 Å². The third kappa shape index (κ3) is 4.38. The van der Waals surface area contributed by atoms with Crippen LogP contribution in [0.2, 0.25) is 0 Å². The average Bonchev–Trinajstić information content (AvgIpc) is 2.92. The summed E-state index contributed by atoms with van der Waals surface area (Å²) in [5.41, 5.74) is -0.661. The zero-order valence-corrected chi connectivity index (χ0v) is 11.4. The maximum absolute atomic E-state index is 12.6. The van der Waals surface area contributed by atoms with Gasteiger partial charge in [-0.2, -0.15) is 0 Å². The Bertz CT molecular complexity index is 353. The second-order valence-corrected chi connectivity index (χ2v) is 6.48. The summed E-state index contributed by atoms with van der Waals surface area (Å²) in [5, 5.41) is 2.40. The van der Waals surface area contributed by atoms with Crippen LogP contribution >= 0.6 is 0 Å². The summed E-state index contributed by atoms with van der Waals surface area (Å²) >= 11 is 0. The first kappa shape index (κ1) is 14.0. The topological polar surface area (TPSA) is 29.1 Å². The summed E-state index contributed by atoms with van der Waals surface area (Å²) in [7, 11) is 0. The number of rotatable bonds is 2. The monoisotopic (exact) mass is 239 g/mol. The molecule has 1 amide bonds. The highest BCUT2D eigenvalue weighted by Crippen LogP contribution is 2.35. The fourth-order valence-electron chi connectivity index (χ4n) is 2.18. The zero-order valence-electron chi connectivity index (χ0n) is 11.4. The minimum absolute atomic E-state index is 0.233. The van der Waals surface area contributed by atoms with Crippen molar-refractivity contribution < 1.29 is 9.18 Å². The van der Waals surface area contributed by atoms with Gasteiger partial charge in [0.1, 0.15) is 0 Å². The Morgan fingerprint density at radius 2 is 1.82 bits per heavy atom. The lowest BCUT2D eigenvalue weighted by Gasteiger charge is -2.39. The van der Waals surface area contributed by atoms with E-state index in [0.29, 0.717) is 5.92 Å². The molecule has 1 saturated carbocycles. The number of hydrogen-bond acceptors (Lipinski definition) is 1. The highest BCUT2D eigenvalue weighted by Gasteiger charge is 2.38. The van der Waals surface area contributed by atoms with Crippen molar-refractivity contribution >= 4 is 6.16 Å². The molecule has 17 heavy (non-hydrogen) atoms. The van der Waals surface area contributed by atoms with Crippen LogP contribution < -0.4 is 5.32 Å². The Morgan fingerprint density at radius 1 is 1.29 bits per heavy atom. The lowest BCUT2D eigenvalue weighted by Crippen LogP contribution is -2.51. The van der Waals surface area contributed by atoms with Gasteiger partial charge < -0.3 is 5.32 Å². The molecule has 0 spiro atoms. The molecular weight excluding hydrogens is 217 g/mol. The second-order valence-electron chi connectivity index (χ2n) is 6.48. The number of carbonyl (C=O) groups is 1. The number of hydrogen-bond donors (Lipinski definition) is 1. The number of carbonyl (C=O) groups excluding carboxylic acids is 1. The van der Waals surface area contributed by atoms with Gasteiger partial charge in [0.2, 0.25) is 0 Å². The average molecular weight is 239 g/mol. The van der Waals surface area contributed by atoms with Crippen LogP contribution in [-0.2, 0) is 0 Å². The largest absolute Gasteiger partial charge is 0.397 e. The fraction of sp³-hybridized carbons (Fsp3) is 0.786. The van der Waals surface area contributed by atoms with Crippen LogP contribution in [-0.4, -0.2) is 12.2 Å². The summed E-state index contributed by atoms with van der Waals surface area (Å²) in [4.78, 5) is 10.7. The first-order valence-corrected chi connectivity index (χ1v) is 6.11. The van der Waals surface area contributed by atoms with Crippen LogP contribution in [0.4, 0.5) is 9.18 Å². The van der Waals surface area contributed by atoms with Gasteiger partial charge in [-0.3, -0.25) is 0 Å². The van der Waals surface area contributed by atoms with Gasteiger partial charge in [-0.25, -0.2) is 4.79 Å². The van der Waals surface area contributed by atoms with Crippen molar-refractivity contribution in [2.75, 3.05) is 0 Å². The standard InChI is InChI=1S/C14H22FNO/c1-13(2,3)11(16-12(15)17)14(4,5)9-8-10-6-7-10/h10-11H,6-7H2,1-5H3,(H,16,17). The Morgan fingerprint density at radius 3 is 2.18 bits per heavy atom. The molecule has 0 bridgehead atoms. The van der Waals surface area contributed by atoms with E-state index in [9.17, 15) is 9.18 Å². The molecular formula is C14H22FNO. The van der Waals surface area contributed by atoms with E-state index in [-0.39, 0.29) is 11.5 Å². The van der Waals surface area contributed by atoms with E-state index in [1.54, 1.807) is 0 Å². The van der Waals surface area contributed by atoms with Crippen molar-refractivity contribution in [3.63, 3.8) is 0 Å². The van der Waals surface area contributed by atoms with E-state index in [0.717, 1.165) is 0 Å². The van der Waals surface area contributed by atoms with Crippen molar-refractivity contribution in [3.05, 3.63) is 0 Å². The summed E-state index contributed by atoms with van der Waals surface area (Å²) in [6.07, 6.45) is 0.850. The number of amides is 1. The van der Waals surface area contributed by atoms with Gasteiger partial charge in [-0.1, -0.05) is 32.6 Å². The minimum atomic E-state index is -1.48. The van der Waals surface area contributed by atoms with Gasteiger partial charge in [-0.05, 0) is 32.1 Å². The lowest BCUT2D eigenvalue weighted by atomic mass is 9.71. The summed E-state index contributed by atoms with van der Waals surface area (Å²) in [6.45, 7) is 9.85. The van der Waals surface area contributed by atoms with Crippen LogP contribution in [0, 0.1) is 28.6 Å². The molecule has 1 N–H and O–H groups in total. The predicted molar refractivity (Wildman–Crippen MR) is 67.2 cm³/mol. The fourth-order valence-corrected chi connectivity index (χ4v) is 2.18. The molecule has 96 valence electrons. The molecule has 0 aromatic carbocycles. The molecule has 0 aromatic heterocycles. The van der Waals surface area contributed by atoms with Crippen LogP contribution in [0.5, 0.6) is 0 Å². The molecule has 1 fully saturated rings. The maximum atomic E-state index is 12.6. The summed E-state index contributed by atoms with van der Waals surface area (Å²) < 4.78 is 12.6. The van der Waals surface area contributed by atoms with Crippen LogP contribution in [0.15, 0.2) is 0 Å². The van der Waals surface area contributed by atoms with Crippen LogP contribution in [0.1, 0.15) is 47.5 Å². The van der Waals surface area contributed by atoms with E-state index in [1.165, 1.54) is 12.8 Å². The molecule has 1 rings (SSSR count). The molecule has 1 aliphatic rings. The molecule has 1 unspecified atom stereocenters. The maximum Gasteiger partial charge on any atom is 0.397 e. The van der Waals surface area contributed by atoms with Crippen LogP contribution in [0.3, 0.4) is 0 Å². The molecule has 2 nitrogen and oxygen atoms in total. The van der Waals surface area contributed by atoms with Crippen molar-refractivity contribution in [2.24, 2.45) is 16.7 Å². The van der Waals surface area contributed by atoms with Crippen molar-refractivity contribution in [1.82, 2.24) is 5.32 Å². The predicted octanol–water partition coefficient (Wildman–Crippen LogP) is 3.52. The van der Waals surface area contributed by atoms with E-state index in [1.807, 2.05) is 34.6 Å². The van der Waals surface area contributed by atoms with E-state index >= 15 is 0 Å². The SMILES string of the molecule is CC(C)(C)C(NC(=O)F)C(C)(C)C#CC1CC1. The quantitative estimate of drug-likeness (QED) is 0.446. The van der Waals surface area contributed by atoms with E-state index in [4.69, 9.17) is 0 Å².